The molecule has 1 fully saturated rings. The average molecular weight is 452 g/mol. The van der Waals surface area contributed by atoms with E-state index in [1.165, 1.54) is 22.5 Å². The zero-order valence-corrected chi connectivity index (χ0v) is 18.0. The van der Waals surface area contributed by atoms with Gasteiger partial charge in [0, 0.05) is 42.8 Å². The van der Waals surface area contributed by atoms with Crippen LogP contribution in [0.1, 0.15) is 16.1 Å². The smallest absolute Gasteiger partial charge is 0.256 e. The number of carbonyl (C=O) groups is 1. The summed E-state index contributed by atoms with van der Waals surface area (Å²) in [5.74, 6) is -0.0912. The number of nitrogens with one attached hydrogen (secondary N) is 1. The van der Waals surface area contributed by atoms with Crippen LogP contribution in [0.15, 0.2) is 47.4 Å². The van der Waals surface area contributed by atoms with E-state index in [2.05, 4.69) is 4.98 Å². The highest BCUT2D eigenvalue weighted by molar-refractivity contribution is 7.89. The Balaban J connectivity index is 1.52. The summed E-state index contributed by atoms with van der Waals surface area (Å²) in [7, 11) is -3.70. The molecule has 1 saturated heterocycles. The first-order chi connectivity index (χ1) is 13.8. The minimum absolute atomic E-state index is 0.0912. The molecule has 0 spiro atoms. The summed E-state index contributed by atoms with van der Waals surface area (Å²) < 4.78 is 27.2. The van der Waals surface area contributed by atoms with Crippen molar-refractivity contribution in [3.63, 3.8) is 0 Å². The average Bonchev–Trinajstić information content (AvgIpc) is 3.05. The quantitative estimate of drug-likeness (QED) is 0.655. The van der Waals surface area contributed by atoms with E-state index in [4.69, 9.17) is 23.2 Å². The number of hydrogen-bond donors (Lipinski definition) is 1. The Morgan fingerprint density at radius 1 is 1.00 bits per heavy atom. The zero-order valence-electron chi connectivity index (χ0n) is 15.7. The molecule has 2 heterocycles. The second-order valence-electron chi connectivity index (χ2n) is 6.94. The largest absolute Gasteiger partial charge is 0.358 e. The molecule has 0 atom stereocenters. The minimum Gasteiger partial charge on any atom is -0.358 e. The number of rotatable bonds is 3. The van der Waals surface area contributed by atoms with Crippen molar-refractivity contribution in [1.82, 2.24) is 14.2 Å². The first kappa shape index (κ1) is 20.2. The molecule has 0 bridgehead atoms. The molecular weight excluding hydrogens is 433 g/mol. The van der Waals surface area contributed by atoms with Gasteiger partial charge in [-0.15, -0.1) is 0 Å². The highest BCUT2D eigenvalue weighted by atomic mass is 35.5. The highest BCUT2D eigenvalue weighted by Crippen LogP contribution is 2.28. The van der Waals surface area contributed by atoms with E-state index in [-0.39, 0.29) is 28.9 Å². The molecule has 1 aliphatic heterocycles. The summed E-state index contributed by atoms with van der Waals surface area (Å²) in [5.41, 5.74) is 2.36. The standard InChI is InChI=1S/C20H19Cl2N3O3S/c1-13-19(15-4-2-3-5-18(15)23-13)20(26)24-8-10-25(11-9-24)29(27,28)14-6-7-16(21)17(22)12-14/h2-7,12,23H,8-11H2,1H3. The molecular formula is C20H19Cl2N3O3S. The number of hydrogen-bond acceptors (Lipinski definition) is 3. The van der Waals surface area contributed by atoms with Crippen molar-refractivity contribution in [2.45, 2.75) is 11.8 Å². The van der Waals surface area contributed by atoms with Crippen molar-refractivity contribution in [3.8, 4) is 0 Å². The maximum atomic E-state index is 13.1. The van der Waals surface area contributed by atoms with Gasteiger partial charge in [0.1, 0.15) is 0 Å². The normalized spacial score (nSPS) is 15.8. The number of fused-ring (bicyclic) bond motifs is 1. The van der Waals surface area contributed by atoms with Crippen LogP contribution < -0.4 is 0 Å². The Kier molecular flexibility index (Phi) is 5.33. The maximum absolute atomic E-state index is 13.1. The topological polar surface area (TPSA) is 73.5 Å². The first-order valence-electron chi connectivity index (χ1n) is 9.11. The fourth-order valence-corrected chi connectivity index (χ4v) is 5.44. The number of aromatic amines is 1. The molecule has 0 unspecified atom stereocenters. The van der Waals surface area contributed by atoms with Gasteiger partial charge in [-0.2, -0.15) is 4.31 Å². The summed E-state index contributed by atoms with van der Waals surface area (Å²) in [5, 5.41) is 1.37. The SMILES string of the molecule is Cc1[nH]c2ccccc2c1C(=O)N1CCN(S(=O)(=O)c2ccc(Cl)c(Cl)c2)CC1. The van der Waals surface area contributed by atoms with Gasteiger partial charge in [0.2, 0.25) is 10.0 Å². The van der Waals surface area contributed by atoms with Crippen LogP contribution in [0.25, 0.3) is 10.9 Å². The monoisotopic (exact) mass is 451 g/mol. The van der Waals surface area contributed by atoms with Gasteiger partial charge in [-0.3, -0.25) is 4.79 Å². The lowest BCUT2D eigenvalue weighted by Crippen LogP contribution is -2.50. The highest BCUT2D eigenvalue weighted by Gasteiger charge is 2.32. The van der Waals surface area contributed by atoms with Crippen molar-refractivity contribution in [3.05, 3.63) is 63.8 Å². The fraction of sp³-hybridized carbons (Fsp3) is 0.250. The molecule has 3 aromatic rings. The molecule has 1 amide bonds. The summed E-state index contributed by atoms with van der Waals surface area (Å²) in [6.07, 6.45) is 0. The van der Waals surface area contributed by atoms with E-state index in [9.17, 15) is 13.2 Å². The molecule has 9 heteroatoms. The summed E-state index contributed by atoms with van der Waals surface area (Å²) in [4.78, 5) is 18.1. The number of aryl methyl sites for hydroxylation is 1. The molecule has 0 radical (unpaired) electrons. The number of piperazine rings is 1. The molecule has 1 aliphatic rings. The molecule has 152 valence electrons. The van der Waals surface area contributed by atoms with Crippen LogP contribution in [-0.4, -0.2) is 54.7 Å². The Bertz CT molecular complexity index is 1200. The second-order valence-corrected chi connectivity index (χ2v) is 9.70. The van der Waals surface area contributed by atoms with Gasteiger partial charge < -0.3 is 9.88 Å². The lowest BCUT2D eigenvalue weighted by molar-refractivity contribution is 0.0699. The summed E-state index contributed by atoms with van der Waals surface area (Å²) >= 11 is 11.9. The van der Waals surface area contributed by atoms with Crippen molar-refractivity contribution >= 4 is 50.0 Å². The molecule has 0 aliphatic carbocycles. The predicted octanol–water partition coefficient (Wildman–Crippen LogP) is 3.93. The van der Waals surface area contributed by atoms with Gasteiger partial charge in [-0.25, -0.2) is 8.42 Å². The molecule has 2 aromatic carbocycles. The maximum Gasteiger partial charge on any atom is 0.256 e. The number of carbonyl (C=O) groups excluding carboxylic acids is 1. The van der Waals surface area contributed by atoms with Crippen molar-refractivity contribution in [2.75, 3.05) is 26.2 Å². The number of para-hydroxylation sites is 1. The number of aromatic nitrogens is 1. The van der Waals surface area contributed by atoms with Crippen LogP contribution in [0.4, 0.5) is 0 Å². The van der Waals surface area contributed by atoms with Gasteiger partial charge >= 0.3 is 0 Å². The lowest BCUT2D eigenvalue weighted by atomic mass is 10.1. The number of H-pyrrole nitrogens is 1. The third-order valence-corrected chi connectivity index (χ3v) is 7.80. The van der Waals surface area contributed by atoms with E-state index in [1.807, 2.05) is 31.2 Å². The van der Waals surface area contributed by atoms with Crippen LogP contribution in [-0.2, 0) is 10.0 Å². The molecule has 29 heavy (non-hydrogen) atoms. The molecule has 6 nitrogen and oxygen atoms in total. The molecule has 1 N–H and O–H groups in total. The van der Waals surface area contributed by atoms with Crippen molar-refractivity contribution in [1.29, 1.82) is 0 Å². The Hall–Kier alpha value is -2.06. The molecule has 1 aromatic heterocycles. The number of halogens is 2. The Morgan fingerprint density at radius 2 is 1.69 bits per heavy atom. The van der Waals surface area contributed by atoms with Gasteiger partial charge in [-0.05, 0) is 31.2 Å². The van der Waals surface area contributed by atoms with Crippen LogP contribution in [0, 0.1) is 6.92 Å². The zero-order chi connectivity index (χ0) is 20.8. The van der Waals surface area contributed by atoms with E-state index in [0.717, 1.165) is 16.6 Å². The van der Waals surface area contributed by atoms with E-state index < -0.39 is 10.0 Å². The first-order valence-corrected chi connectivity index (χ1v) is 11.3. The minimum atomic E-state index is -3.70. The lowest BCUT2D eigenvalue weighted by Gasteiger charge is -2.34. The van der Waals surface area contributed by atoms with Crippen LogP contribution in [0.3, 0.4) is 0 Å². The van der Waals surface area contributed by atoms with Gasteiger partial charge in [-0.1, -0.05) is 41.4 Å². The Morgan fingerprint density at radius 3 is 2.38 bits per heavy atom. The number of amides is 1. The van der Waals surface area contributed by atoms with Crippen molar-refractivity contribution < 1.29 is 13.2 Å². The van der Waals surface area contributed by atoms with E-state index in [0.29, 0.717) is 23.7 Å². The van der Waals surface area contributed by atoms with Crippen LogP contribution >= 0.6 is 23.2 Å². The van der Waals surface area contributed by atoms with Gasteiger partial charge in [0.25, 0.3) is 5.91 Å². The Labute approximate surface area is 179 Å². The second kappa shape index (κ2) is 7.65. The van der Waals surface area contributed by atoms with E-state index >= 15 is 0 Å². The third-order valence-electron chi connectivity index (χ3n) is 5.16. The summed E-state index contributed by atoms with van der Waals surface area (Å²) in [6.45, 7) is 2.94. The number of sulfonamides is 1. The number of nitrogens with zero attached hydrogens (tertiary/aromatic N) is 2. The predicted molar refractivity (Wildman–Crippen MR) is 114 cm³/mol. The van der Waals surface area contributed by atoms with Gasteiger partial charge in [0.05, 0.1) is 20.5 Å². The number of benzene rings is 2. The fourth-order valence-electron chi connectivity index (χ4n) is 3.63. The van der Waals surface area contributed by atoms with Gasteiger partial charge in [0.15, 0.2) is 0 Å². The van der Waals surface area contributed by atoms with E-state index in [1.54, 1.807) is 4.90 Å². The summed E-state index contributed by atoms with van der Waals surface area (Å²) in [6, 6.07) is 11.9. The third kappa shape index (κ3) is 3.64. The molecule has 4 rings (SSSR count). The molecule has 0 saturated carbocycles. The van der Waals surface area contributed by atoms with Crippen LogP contribution in [0.5, 0.6) is 0 Å². The van der Waals surface area contributed by atoms with Crippen molar-refractivity contribution in [2.24, 2.45) is 0 Å². The van der Waals surface area contributed by atoms with Crippen LogP contribution in [0.2, 0.25) is 10.0 Å².